The van der Waals surface area contributed by atoms with Gasteiger partial charge >= 0.3 is 12.3 Å². The van der Waals surface area contributed by atoms with E-state index in [1.54, 1.807) is 0 Å². The predicted molar refractivity (Wildman–Crippen MR) is 69.9 cm³/mol. The van der Waals surface area contributed by atoms with E-state index in [9.17, 15) is 9.59 Å². The van der Waals surface area contributed by atoms with Crippen LogP contribution in [0.1, 0.15) is 64.7 Å². The molecule has 0 amide bonds. The van der Waals surface area contributed by atoms with Crippen LogP contribution in [0.25, 0.3) is 0 Å². The van der Waals surface area contributed by atoms with Gasteiger partial charge in [0, 0.05) is 0 Å². The maximum absolute atomic E-state index is 11.4. The Labute approximate surface area is 114 Å². The molecule has 0 bridgehead atoms. The molecule has 0 N–H and O–H groups in total. The molecule has 0 aliphatic carbocycles. The molecule has 1 heterocycles. The quantitative estimate of drug-likeness (QED) is 0.529. The number of carbonyl (C=O) groups excluding carboxylic acids is 2. The predicted octanol–water partition coefficient (Wildman–Crippen LogP) is 4.19. The van der Waals surface area contributed by atoms with E-state index in [0.29, 0.717) is 6.61 Å². The van der Waals surface area contributed by atoms with Gasteiger partial charge in [0.15, 0.2) is 0 Å². The van der Waals surface area contributed by atoms with Gasteiger partial charge in [-0.3, -0.25) is 0 Å². The van der Waals surface area contributed by atoms with Crippen molar-refractivity contribution in [1.29, 1.82) is 0 Å². The van der Waals surface area contributed by atoms with Crippen molar-refractivity contribution >= 4 is 12.3 Å². The minimum Gasteiger partial charge on any atom is -0.434 e. The van der Waals surface area contributed by atoms with Crippen LogP contribution in [0.15, 0.2) is 0 Å². The van der Waals surface area contributed by atoms with Crippen LogP contribution in [0.5, 0.6) is 0 Å². The maximum atomic E-state index is 11.4. The largest absolute Gasteiger partial charge is 0.518 e. The average molecular weight is 272 g/mol. The van der Waals surface area contributed by atoms with Crippen molar-refractivity contribution in [2.75, 3.05) is 6.61 Å². The summed E-state index contributed by atoms with van der Waals surface area (Å²) in [5, 5.41) is 0. The van der Waals surface area contributed by atoms with Gasteiger partial charge < -0.3 is 14.2 Å². The van der Waals surface area contributed by atoms with Crippen molar-refractivity contribution in [2.24, 2.45) is 0 Å². The Morgan fingerprint density at radius 3 is 2.26 bits per heavy atom. The lowest BCUT2D eigenvalue weighted by Gasteiger charge is -2.14. The molecule has 5 heteroatoms. The fraction of sp³-hybridized carbons (Fsp3) is 0.857. The summed E-state index contributed by atoms with van der Waals surface area (Å²) in [6.45, 7) is 2.24. The van der Waals surface area contributed by atoms with Crippen LogP contribution in [-0.4, -0.2) is 25.0 Å². The Hall–Kier alpha value is -1.26. The van der Waals surface area contributed by atoms with Gasteiger partial charge in [-0.15, -0.1) is 0 Å². The topological polar surface area (TPSA) is 61.8 Å². The van der Waals surface area contributed by atoms with Crippen molar-refractivity contribution < 1.29 is 23.8 Å². The molecule has 0 aromatic rings. The van der Waals surface area contributed by atoms with Gasteiger partial charge in [0.25, 0.3) is 0 Å². The molecule has 1 aliphatic rings. The Morgan fingerprint density at radius 2 is 1.58 bits per heavy atom. The van der Waals surface area contributed by atoms with Crippen LogP contribution in [0.2, 0.25) is 0 Å². The number of carbonyl (C=O) groups is 2. The Balaban J connectivity index is 2.42. The minimum atomic E-state index is -0.963. The molecule has 1 saturated heterocycles. The first-order valence-corrected chi connectivity index (χ1v) is 7.27. The highest BCUT2D eigenvalue weighted by Gasteiger charge is 2.18. The summed E-state index contributed by atoms with van der Waals surface area (Å²) >= 11 is 0. The molecule has 0 aromatic heterocycles. The molecule has 1 rings (SSSR count). The molecule has 0 radical (unpaired) electrons. The molecule has 0 spiro atoms. The minimum absolute atomic E-state index is 0.176. The van der Waals surface area contributed by atoms with E-state index in [-0.39, 0.29) is 6.10 Å². The molecular weight excluding hydrogens is 248 g/mol. The number of cyclic esters (lactones) is 4. The lowest BCUT2D eigenvalue weighted by atomic mass is 10.1. The van der Waals surface area contributed by atoms with Gasteiger partial charge in [-0.1, -0.05) is 39.0 Å². The lowest BCUT2D eigenvalue weighted by Crippen LogP contribution is -2.21. The van der Waals surface area contributed by atoms with E-state index in [1.807, 2.05) is 6.92 Å². The average Bonchev–Trinajstić information content (AvgIpc) is 2.38. The number of ether oxygens (including phenoxy) is 3. The molecule has 1 fully saturated rings. The highest BCUT2D eigenvalue weighted by Crippen LogP contribution is 2.14. The van der Waals surface area contributed by atoms with Gasteiger partial charge in [0.1, 0.15) is 6.10 Å². The highest BCUT2D eigenvalue weighted by atomic mass is 16.8. The highest BCUT2D eigenvalue weighted by molar-refractivity contribution is 5.76. The summed E-state index contributed by atoms with van der Waals surface area (Å²) < 4.78 is 14.3. The normalized spacial score (nSPS) is 24.4. The fourth-order valence-electron chi connectivity index (χ4n) is 2.12. The Kier molecular flexibility index (Phi) is 8.02. The third kappa shape index (κ3) is 7.70. The zero-order valence-corrected chi connectivity index (χ0v) is 11.7. The van der Waals surface area contributed by atoms with Gasteiger partial charge in [-0.05, 0) is 25.7 Å². The first-order chi connectivity index (χ1) is 9.22. The first-order valence-electron chi connectivity index (χ1n) is 7.27. The summed E-state index contributed by atoms with van der Waals surface area (Å²) in [6, 6.07) is 0. The van der Waals surface area contributed by atoms with E-state index in [1.165, 1.54) is 12.8 Å². The maximum Gasteiger partial charge on any atom is 0.518 e. The fourth-order valence-corrected chi connectivity index (χ4v) is 2.12. The molecule has 1 aliphatic heterocycles. The van der Waals surface area contributed by atoms with Crippen molar-refractivity contribution in [3.8, 4) is 0 Å². The third-order valence-corrected chi connectivity index (χ3v) is 3.28. The second-order valence-electron chi connectivity index (χ2n) is 4.86. The summed E-state index contributed by atoms with van der Waals surface area (Å²) in [5.74, 6) is 0. The zero-order valence-electron chi connectivity index (χ0n) is 11.7. The SMILES string of the molecule is CCC1CCCCCCCCCOC(=O)OC(=O)O1. The van der Waals surface area contributed by atoms with Crippen molar-refractivity contribution in [3.63, 3.8) is 0 Å². The van der Waals surface area contributed by atoms with Gasteiger partial charge in [0.05, 0.1) is 6.61 Å². The molecule has 0 aromatic carbocycles. The number of hydrogen-bond donors (Lipinski definition) is 0. The van der Waals surface area contributed by atoms with E-state index in [0.717, 1.165) is 44.9 Å². The van der Waals surface area contributed by atoms with Gasteiger partial charge in [0.2, 0.25) is 0 Å². The molecule has 5 nitrogen and oxygen atoms in total. The molecule has 110 valence electrons. The molecule has 0 saturated carbocycles. The molecule has 1 unspecified atom stereocenters. The third-order valence-electron chi connectivity index (χ3n) is 3.28. The van der Waals surface area contributed by atoms with Crippen LogP contribution in [0, 0.1) is 0 Å². The molecule has 19 heavy (non-hydrogen) atoms. The number of hydrogen-bond acceptors (Lipinski definition) is 5. The summed E-state index contributed by atoms with van der Waals surface area (Å²) in [7, 11) is 0. The second kappa shape index (κ2) is 9.64. The van der Waals surface area contributed by atoms with Crippen molar-refractivity contribution in [3.05, 3.63) is 0 Å². The van der Waals surface area contributed by atoms with Crippen LogP contribution < -0.4 is 0 Å². The molecule has 1 atom stereocenters. The summed E-state index contributed by atoms with van der Waals surface area (Å²) in [5.41, 5.74) is 0. The lowest BCUT2D eigenvalue weighted by molar-refractivity contribution is 0.0126. The monoisotopic (exact) mass is 272 g/mol. The van der Waals surface area contributed by atoms with E-state index in [2.05, 4.69) is 4.74 Å². The Bertz CT molecular complexity index is 277. The second-order valence-corrected chi connectivity index (χ2v) is 4.86. The Morgan fingerprint density at radius 1 is 0.947 bits per heavy atom. The van der Waals surface area contributed by atoms with Crippen molar-refractivity contribution in [1.82, 2.24) is 0 Å². The van der Waals surface area contributed by atoms with Crippen LogP contribution in [0.3, 0.4) is 0 Å². The standard InChI is InChI=1S/C14H24O5/c1-2-12-10-8-6-4-3-5-7-9-11-17-13(15)19-14(16)18-12/h12H,2-11H2,1H3. The first kappa shape index (κ1) is 15.8. The van der Waals surface area contributed by atoms with Crippen LogP contribution >= 0.6 is 0 Å². The zero-order chi connectivity index (χ0) is 13.9. The number of rotatable bonds is 1. The smallest absolute Gasteiger partial charge is 0.434 e. The molecular formula is C14H24O5. The van der Waals surface area contributed by atoms with Crippen LogP contribution in [-0.2, 0) is 14.2 Å². The van der Waals surface area contributed by atoms with Gasteiger partial charge in [-0.25, -0.2) is 9.59 Å². The van der Waals surface area contributed by atoms with E-state index < -0.39 is 12.3 Å². The van der Waals surface area contributed by atoms with Crippen molar-refractivity contribution in [2.45, 2.75) is 70.8 Å². The van der Waals surface area contributed by atoms with Gasteiger partial charge in [-0.2, -0.15) is 0 Å². The van der Waals surface area contributed by atoms with Crippen LogP contribution in [0.4, 0.5) is 9.59 Å². The summed E-state index contributed by atoms with van der Waals surface area (Å²) in [6.07, 6.45) is 7.07. The summed E-state index contributed by atoms with van der Waals surface area (Å²) in [4.78, 5) is 22.5. The van der Waals surface area contributed by atoms with E-state index >= 15 is 0 Å². The van der Waals surface area contributed by atoms with E-state index in [4.69, 9.17) is 9.47 Å².